The zero-order valence-electron chi connectivity index (χ0n) is 13.7. The average molecular weight is 359 g/mol. The number of carbonyl (C=O) groups is 2. The van der Waals surface area contributed by atoms with Gasteiger partial charge in [-0.25, -0.2) is 0 Å². The second kappa shape index (κ2) is 8.19. The van der Waals surface area contributed by atoms with Crippen LogP contribution < -0.4 is 15.4 Å². The first-order valence-corrected chi connectivity index (χ1v) is 7.86. The number of alkyl halides is 3. The molecule has 9 heteroatoms. The number of nitrogens with one attached hydrogen (secondary N) is 2. The zero-order chi connectivity index (χ0) is 18.4. The van der Waals surface area contributed by atoms with Crippen LogP contribution in [0.1, 0.15) is 12.8 Å². The van der Waals surface area contributed by atoms with E-state index in [1.165, 1.54) is 12.1 Å². The van der Waals surface area contributed by atoms with E-state index in [0.717, 1.165) is 38.1 Å². The molecule has 0 unspecified atom stereocenters. The number of hydrogen-bond donors (Lipinski definition) is 2. The van der Waals surface area contributed by atoms with Crippen molar-refractivity contribution in [3.63, 3.8) is 0 Å². The molecule has 1 aromatic carbocycles. The predicted molar refractivity (Wildman–Crippen MR) is 85.0 cm³/mol. The summed E-state index contributed by atoms with van der Waals surface area (Å²) in [5, 5.41) is 4.92. The van der Waals surface area contributed by atoms with Gasteiger partial charge in [-0.2, -0.15) is 0 Å². The molecule has 0 aliphatic carbocycles. The molecule has 0 atom stereocenters. The molecular weight excluding hydrogens is 339 g/mol. The summed E-state index contributed by atoms with van der Waals surface area (Å²) in [4.78, 5) is 25.8. The van der Waals surface area contributed by atoms with Crippen LogP contribution in [0.25, 0.3) is 0 Å². The first-order valence-electron chi connectivity index (χ1n) is 7.86. The number of likely N-dealkylation sites (tertiary alicyclic amines) is 1. The Hall–Kier alpha value is -2.29. The molecule has 6 nitrogen and oxygen atoms in total. The Kier molecular flexibility index (Phi) is 6.24. The molecule has 1 aliphatic rings. The molecule has 0 bridgehead atoms. The van der Waals surface area contributed by atoms with E-state index >= 15 is 0 Å². The number of hydrogen-bond acceptors (Lipinski definition) is 4. The van der Waals surface area contributed by atoms with Crippen LogP contribution in [0, 0.1) is 5.92 Å². The molecule has 0 radical (unpaired) electrons. The quantitative estimate of drug-likeness (QED) is 0.807. The van der Waals surface area contributed by atoms with E-state index in [9.17, 15) is 22.8 Å². The molecule has 2 rings (SSSR count). The molecule has 1 heterocycles. The van der Waals surface area contributed by atoms with Crippen molar-refractivity contribution in [2.75, 3.05) is 32.0 Å². The number of anilines is 1. The normalized spacial score (nSPS) is 16.3. The van der Waals surface area contributed by atoms with Crippen LogP contribution in [0.15, 0.2) is 24.3 Å². The summed E-state index contributed by atoms with van der Waals surface area (Å²) in [6.07, 6.45) is -2.86. The van der Waals surface area contributed by atoms with Crippen LogP contribution in [0.5, 0.6) is 5.75 Å². The molecule has 1 saturated heterocycles. The van der Waals surface area contributed by atoms with Gasteiger partial charge in [-0.05, 0) is 63.2 Å². The van der Waals surface area contributed by atoms with Crippen LogP contribution >= 0.6 is 0 Å². The maximum absolute atomic E-state index is 12.1. The van der Waals surface area contributed by atoms with Crippen molar-refractivity contribution in [2.24, 2.45) is 5.92 Å². The molecule has 1 fully saturated rings. The lowest BCUT2D eigenvalue weighted by Crippen LogP contribution is -2.41. The van der Waals surface area contributed by atoms with Gasteiger partial charge in [-0.1, -0.05) is 0 Å². The second-order valence-corrected chi connectivity index (χ2v) is 5.98. The Morgan fingerprint density at radius 3 is 2.32 bits per heavy atom. The summed E-state index contributed by atoms with van der Waals surface area (Å²) in [5.74, 6) is -1.70. The Morgan fingerprint density at radius 1 is 1.16 bits per heavy atom. The lowest BCUT2D eigenvalue weighted by molar-refractivity contribution is -0.274. The third-order valence-electron chi connectivity index (χ3n) is 3.94. The zero-order valence-corrected chi connectivity index (χ0v) is 13.7. The lowest BCUT2D eigenvalue weighted by Gasteiger charge is -2.28. The first kappa shape index (κ1) is 19.0. The largest absolute Gasteiger partial charge is 0.573 e. The molecule has 25 heavy (non-hydrogen) atoms. The van der Waals surface area contributed by atoms with Gasteiger partial charge < -0.3 is 20.3 Å². The van der Waals surface area contributed by atoms with Gasteiger partial charge in [0.05, 0.1) is 0 Å². The number of carbonyl (C=O) groups excluding carboxylic acids is 2. The van der Waals surface area contributed by atoms with E-state index in [1.807, 2.05) is 7.05 Å². The highest BCUT2D eigenvalue weighted by Crippen LogP contribution is 2.23. The molecule has 1 aliphatic heterocycles. The van der Waals surface area contributed by atoms with Crippen molar-refractivity contribution in [1.29, 1.82) is 0 Å². The van der Waals surface area contributed by atoms with Crippen molar-refractivity contribution in [3.8, 4) is 5.75 Å². The van der Waals surface area contributed by atoms with Crippen molar-refractivity contribution >= 4 is 17.5 Å². The molecule has 2 amide bonds. The van der Waals surface area contributed by atoms with Crippen molar-refractivity contribution in [2.45, 2.75) is 19.2 Å². The Bertz CT molecular complexity index is 597. The summed E-state index contributed by atoms with van der Waals surface area (Å²) in [6, 6.07) is 4.56. The molecule has 1 aromatic rings. The minimum absolute atomic E-state index is 0.203. The Balaban J connectivity index is 1.77. The monoisotopic (exact) mass is 359 g/mol. The standard InChI is InChI=1S/C16H20F3N3O3/c1-22-8-6-11(7-9-22)10-20-14(23)15(24)21-12-2-4-13(5-3-12)25-16(17,18)19/h2-5,11H,6-10H2,1H3,(H,20,23)(H,21,24). The summed E-state index contributed by atoms with van der Waals surface area (Å²) in [6.45, 7) is 2.34. The molecule has 0 aromatic heterocycles. The van der Waals surface area contributed by atoms with Gasteiger partial charge in [0.2, 0.25) is 0 Å². The number of amides is 2. The summed E-state index contributed by atoms with van der Waals surface area (Å²) in [5.41, 5.74) is 0.203. The number of rotatable bonds is 4. The highest BCUT2D eigenvalue weighted by Gasteiger charge is 2.31. The SMILES string of the molecule is CN1CCC(CNC(=O)C(=O)Nc2ccc(OC(F)(F)F)cc2)CC1. The van der Waals surface area contributed by atoms with Crippen molar-refractivity contribution in [3.05, 3.63) is 24.3 Å². The van der Waals surface area contributed by atoms with Crippen LogP contribution in [-0.2, 0) is 9.59 Å². The third-order valence-corrected chi connectivity index (χ3v) is 3.94. The fourth-order valence-electron chi connectivity index (χ4n) is 2.51. The molecular formula is C16H20F3N3O3. The van der Waals surface area contributed by atoms with Crippen LogP contribution in [0.4, 0.5) is 18.9 Å². The fourth-order valence-corrected chi connectivity index (χ4v) is 2.51. The number of piperidine rings is 1. The van der Waals surface area contributed by atoms with Gasteiger partial charge in [0.25, 0.3) is 0 Å². The van der Waals surface area contributed by atoms with Gasteiger partial charge in [-0.3, -0.25) is 9.59 Å². The fraction of sp³-hybridized carbons (Fsp3) is 0.500. The van der Waals surface area contributed by atoms with E-state index < -0.39 is 23.9 Å². The Labute approximate surface area is 143 Å². The lowest BCUT2D eigenvalue weighted by atomic mass is 9.97. The average Bonchev–Trinajstić information content (AvgIpc) is 2.54. The molecule has 138 valence electrons. The van der Waals surface area contributed by atoms with E-state index in [2.05, 4.69) is 20.3 Å². The maximum atomic E-state index is 12.1. The highest BCUT2D eigenvalue weighted by molar-refractivity contribution is 6.39. The number of benzene rings is 1. The molecule has 0 spiro atoms. The van der Waals surface area contributed by atoms with E-state index in [-0.39, 0.29) is 5.69 Å². The second-order valence-electron chi connectivity index (χ2n) is 5.98. The van der Waals surface area contributed by atoms with E-state index in [0.29, 0.717) is 12.5 Å². The van der Waals surface area contributed by atoms with Gasteiger partial charge in [0, 0.05) is 12.2 Å². The smallest absolute Gasteiger partial charge is 0.406 e. The summed E-state index contributed by atoms with van der Waals surface area (Å²) >= 11 is 0. The summed E-state index contributed by atoms with van der Waals surface area (Å²) < 4.78 is 39.9. The van der Waals surface area contributed by atoms with Crippen LogP contribution in [0.2, 0.25) is 0 Å². The van der Waals surface area contributed by atoms with E-state index in [1.54, 1.807) is 0 Å². The topological polar surface area (TPSA) is 70.7 Å². The minimum atomic E-state index is -4.78. The summed E-state index contributed by atoms with van der Waals surface area (Å²) in [7, 11) is 2.03. The maximum Gasteiger partial charge on any atom is 0.573 e. The minimum Gasteiger partial charge on any atom is -0.406 e. The molecule has 2 N–H and O–H groups in total. The first-order chi connectivity index (χ1) is 11.7. The van der Waals surface area contributed by atoms with E-state index in [4.69, 9.17) is 0 Å². The third kappa shape index (κ3) is 6.61. The van der Waals surface area contributed by atoms with Gasteiger partial charge in [0.1, 0.15) is 5.75 Å². The number of nitrogens with zero attached hydrogens (tertiary/aromatic N) is 1. The van der Waals surface area contributed by atoms with Crippen molar-refractivity contribution < 1.29 is 27.5 Å². The number of ether oxygens (including phenoxy) is 1. The van der Waals surface area contributed by atoms with Crippen LogP contribution in [0.3, 0.4) is 0 Å². The van der Waals surface area contributed by atoms with Crippen LogP contribution in [-0.4, -0.2) is 49.8 Å². The Morgan fingerprint density at radius 2 is 1.76 bits per heavy atom. The molecule has 0 saturated carbocycles. The predicted octanol–water partition coefficient (Wildman–Crippen LogP) is 1.98. The van der Waals surface area contributed by atoms with Crippen molar-refractivity contribution in [1.82, 2.24) is 10.2 Å². The van der Waals surface area contributed by atoms with Gasteiger partial charge in [0.15, 0.2) is 0 Å². The number of halogens is 3. The van der Waals surface area contributed by atoms with Gasteiger partial charge >= 0.3 is 18.2 Å². The highest BCUT2D eigenvalue weighted by atomic mass is 19.4. The van der Waals surface area contributed by atoms with Gasteiger partial charge in [-0.15, -0.1) is 13.2 Å².